The molecule has 1 unspecified atom stereocenters. The molecule has 1 aliphatic rings. The number of carbonyl (C=O) groups is 3. The van der Waals surface area contributed by atoms with Gasteiger partial charge < -0.3 is 30.3 Å². The number of rotatable bonds is 7. The Morgan fingerprint density at radius 1 is 1.11 bits per heavy atom. The summed E-state index contributed by atoms with van der Waals surface area (Å²) in [5.41, 5.74) is -1.03. The molecule has 0 heterocycles. The van der Waals surface area contributed by atoms with E-state index in [-0.39, 0.29) is 24.0 Å². The summed E-state index contributed by atoms with van der Waals surface area (Å²) in [4.78, 5) is 37.5. The molecule has 1 fully saturated rings. The normalized spacial score (nSPS) is 18.2. The molecule has 1 saturated carbocycles. The van der Waals surface area contributed by atoms with Crippen molar-refractivity contribution in [3.8, 4) is 23.7 Å². The van der Waals surface area contributed by atoms with Gasteiger partial charge in [-0.25, -0.2) is 9.59 Å². The van der Waals surface area contributed by atoms with E-state index in [9.17, 15) is 19.5 Å². The minimum absolute atomic E-state index is 0.000208. The number of alkyl carbamates (subject to hydrolysis) is 1. The molecule has 0 saturated heterocycles. The van der Waals surface area contributed by atoms with Gasteiger partial charge in [0.05, 0.1) is 25.4 Å². The Bertz CT molecular complexity index is 1080. The number of nitrogens with one attached hydrogen (secondary N) is 2. The minimum atomic E-state index is -1.22. The van der Waals surface area contributed by atoms with Crippen molar-refractivity contribution in [1.29, 1.82) is 0 Å². The summed E-state index contributed by atoms with van der Waals surface area (Å²) in [6.07, 6.45) is -0.728. The molecule has 0 radical (unpaired) electrons. The third-order valence-corrected chi connectivity index (χ3v) is 5.45. The monoisotopic (exact) mass is 498 g/mol. The van der Waals surface area contributed by atoms with Crippen LogP contribution in [0.25, 0.3) is 0 Å². The van der Waals surface area contributed by atoms with Crippen LogP contribution < -0.4 is 10.6 Å². The summed E-state index contributed by atoms with van der Waals surface area (Å²) in [6, 6.07) is 5.23. The Morgan fingerprint density at radius 3 is 2.31 bits per heavy atom. The summed E-state index contributed by atoms with van der Waals surface area (Å²) in [6.45, 7) is 8.03. The van der Waals surface area contributed by atoms with E-state index < -0.39 is 41.3 Å². The number of esters is 1. The molecular formula is C27H34N2O7. The highest BCUT2D eigenvalue weighted by atomic mass is 16.6. The van der Waals surface area contributed by atoms with Gasteiger partial charge in [0.25, 0.3) is 5.91 Å². The van der Waals surface area contributed by atoms with Crippen LogP contribution in [-0.4, -0.2) is 65.2 Å². The van der Waals surface area contributed by atoms with E-state index >= 15 is 0 Å². The summed E-state index contributed by atoms with van der Waals surface area (Å²) in [5, 5.41) is 23.7. The van der Waals surface area contributed by atoms with E-state index in [1.54, 1.807) is 58.9 Å². The summed E-state index contributed by atoms with van der Waals surface area (Å²) in [5.74, 6) is 10.1. The van der Waals surface area contributed by atoms with Crippen LogP contribution in [0.4, 0.5) is 4.79 Å². The fourth-order valence-corrected chi connectivity index (χ4v) is 3.38. The first kappa shape index (κ1) is 28.7. The van der Waals surface area contributed by atoms with Gasteiger partial charge in [-0.3, -0.25) is 4.79 Å². The molecule has 4 atom stereocenters. The van der Waals surface area contributed by atoms with Crippen molar-refractivity contribution < 1.29 is 34.1 Å². The van der Waals surface area contributed by atoms with Crippen LogP contribution >= 0.6 is 0 Å². The molecule has 36 heavy (non-hydrogen) atoms. The zero-order valence-electron chi connectivity index (χ0n) is 21.5. The summed E-state index contributed by atoms with van der Waals surface area (Å²) >= 11 is 0. The van der Waals surface area contributed by atoms with Gasteiger partial charge in [-0.1, -0.05) is 11.8 Å². The fraction of sp³-hybridized carbons (Fsp3) is 0.519. The van der Waals surface area contributed by atoms with Crippen LogP contribution in [-0.2, 0) is 14.3 Å². The molecule has 9 nitrogen and oxygen atoms in total. The molecule has 0 aromatic heterocycles. The topological polar surface area (TPSA) is 134 Å². The quantitative estimate of drug-likeness (QED) is 0.331. The van der Waals surface area contributed by atoms with Crippen LogP contribution in [0.1, 0.15) is 57.0 Å². The SMILES string of the molecule is COC(=O)C(NC(=O)c1ccc(C#CC#C[C@@H]2C[C@H]2[C@H](O)CO)cc1)C(C)(C)NC(=O)OC(C)(C)C. The first-order chi connectivity index (χ1) is 16.8. The van der Waals surface area contributed by atoms with Crippen molar-refractivity contribution >= 4 is 18.0 Å². The molecule has 1 aromatic carbocycles. The maximum atomic E-state index is 12.8. The summed E-state index contributed by atoms with van der Waals surface area (Å²) in [7, 11) is 1.19. The number of carbonyl (C=O) groups excluding carboxylic acids is 3. The van der Waals surface area contributed by atoms with Gasteiger partial charge in [0, 0.05) is 23.0 Å². The highest BCUT2D eigenvalue weighted by Crippen LogP contribution is 2.40. The Balaban J connectivity index is 2.04. The lowest BCUT2D eigenvalue weighted by molar-refractivity contribution is -0.144. The van der Waals surface area contributed by atoms with Crippen LogP contribution in [0.15, 0.2) is 24.3 Å². The van der Waals surface area contributed by atoms with Crippen LogP contribution in [0.5, 0.6) is 0 Å². The van der Waals surface area contributed by atoms with Gasteiger partial charge in [0.2, 0.25) is 0 Å². The molecule has 4 N–H and O–H groups in total. The fourth-order valence-electron chi connectivity index (χ4n) is 3.38. The second-order valence-corrected chi connectivity index (χ2v) is 10.1. The first-order valence-electron chi connectivity index (χ1n) is 11.6. The number of aliphatic hydroxyl groups is 2. The van der Waals surface area contributed by atoms with Crippen LogP contribution in [0, 0.1) is 35.5 Å². The molecule has 2 rings (SSSR count). The van der Waals surface area contributed by atoms with Crippen molar-refractivity contribution in [2.75, 3.05) is 13.7 Å². The van der Waals surface area contributed by atoms with Crippen molar-refractivity contribution in [1.82, 2.24) is 10.6 Å². The molecule has 0 spiro atoms. The van der Waals surface area contributed by atoms with E-state index in [1.807, 2.05) is 0 Å². The molecule has 0 bridgehead atoms. The van der Waals surface area contributed by atoms with Crippen LogP contribution in [0.2, 0.25) is 0 Å². The lowest BCUT2D eigenvalue weighted by Gasteiger charge is -2.34. The number of aliphatic hydroxyl groups excluding tert-OH is 2. The predicted molar refractivity (Wildman–Crippen MR) is 133 cm³/mol. The highest BCUT2D eigenvalue weighted by Gasteiger charge is 2.41. The number of hydrogen-bond acceptors (Lipinski definition) is 7. The Kier molecular flexibility index (Phi) is 9.52. The van der Waals surface area contributed by atoms with Gasteiger partial charge >= 0.3 is 12.1 Å². The lowest BCUT2D eigenvalue weighted by atomic mass is 9.94. The van der Waals surface area contributed by atoms with E-state index in [0.29, 0.717) is 5.56 Å². The second-order valence-electron chi connectivity index (χ2n) is 10.1. The number of methoxy groups -OCH3 is 1. The highest BCUT2D eigenvalue weighted by molar-refractivity contribution is 5.97. The summed E-state index contributed by atoms with van der Waals surface area (Å²) < 4.78 is 10.1. The van der Waals surface area contributed by atoms with Crippen molar-refractivity contribution in [2.24, 2.45) is 11.8 Å². The second kappa shape index (κ2) is 11.9. The Hall–Kier alpha value is -3.53. The zero-order valence-corrected chi connectivity index (χ0v) is 21.5. The molecule has 1 aliphatic carbocycles. The molecular weight excluding hydrogens is 464 g/mol. The Morgan fingerprint density at radius 2 is 1.75 bits per heavy atom. The molecule has 2 amide bonds. The number of ether oxygens (including phenoxy) is 2. The van der Waals surface area contributed by atoms with Gasteiger partial charge in [-0.05, 0) is 77.1 Å². The van der Waals surface area contributed by atoms with Crippen LogP contribution in [0.3, 0.4) is 0 Å². The number of benzene rings is 1. The smallest absolute Gasteiger partial charge is 0.408 e. The molecule has 9 heteroatoms. The third kappa shape index (κ3) is 8.60. The number of hydrogen-bond donors (Lipinski definition) is 4. The van der Waals surface area contributed by atoms with E-state index in [0.717, 1.165) is 6.42 Å². The van der Waals surface area contributed by atoms with Crippen molar-refractivity contribution in [3.63, 3.8) is 0 Å². The van der Waals surface area contributed by atoms with Crippen molar-refractivity contribution in [2.45, 2.75) is 64.3 Å². The zero-order chi connectivity index (χ0) is 27.1. The predicted octanol–water partition coefficient (Wildman–Crippen LogP) is 1.61. The molecule has 1 aromatic rings. The first-order valence-corrected chi connectivity index (χ1v) is 11.6. The maximum absolute atomic E-state index is 12.8. The van der Waals surface area contributed by atoms with Crippen molar-refractivity contribution in [3.05, 3.63) is 35.4 Å². The lowest BCUT2D eigenvalue weighted by Crippen LogP contribution is -2.62. The largest absolute Gasteiger partial charge is 0.467 e. The standard InChI is InChI=1S/C27H34N2O7/c1-26(2,3)36-25(34)29-27(4,5)22(24(33)35-6)28-23(32)18-13-11-17(12-14-18)9-7-8-10-19-15-20(19)21(31)16-30/h11-14,19-22,30-31H,15-16H2,1-6H3,(H,28,32)(H,29,34)/t19-,20-,21-,22?/m1/s1. The molecule has 194 valence electrons. The van der Waals surface area contributed by atoms with Gasteiger partial charge in [0.1, 0.15) is 11.6 Å². The minimum Gasteiger partial charge on any atom is -0.467 e. The van der Waals surface area contributed by atoms with E-state index in [2.05, 4.69) is 34.3 Å². The van der Waals surface area contributed by atoms with E-state index in [4.69, 9.17) is 14.6 Å². The maximum Gasteiger partial charge on any atom is 0.408 e. The number of amides is 2. The average Bonchev–Trinajstić information content (AvgIpc) is 3.57. The molecule has 0 aliphatic heterocycles. The van der Waals surface area contributed by atoms with E-state index in [1.165, 1.54) is 7.11 Å². The average molecular weight is 499 g/mol. The van der Waals surface area contributed by atoms with Gasteiger partial charge in [0.15, 0.2) is 0 Å². The van der Waals surface area contributed by atoms with Gasteiger partial charge in [-0.15, -0.1) is 0 Å². The Labute approximate surface area is 211 Å². The van der Waals surface area contributed by atoms with Gasteiger partial charge in [-0.2, -0.15) is 0 Å². The third-order valence-electron chi connectivity index (χ3n) is 5.45.